The van der Waals surface area contributed by atoms with Gasteiger partial charge in [0.25, 0.3) is 5.91 Å². The second-order valence-electron chi connectivity index (χ2n) is 4.87. The van der Waals surface area contributed by atoms with Gasteiger partial charge in [-0.3, -0.25) is 4.79 Å². The van der Waals surface area contributed by atoms with Crippen LogP contribution in [0.5, 0.6) is 5.75 Å². The molecule has 0 aliphatic carbocycles. The number of benzene rings is 1. The summed E-state index contributed by atoms with van der Waals surface area (Å²) >= 11 is 0. The van der Waals surface area contributed by atoms with Gasteiger partial charge >= 0.3 is 0 Å². The molecule has 0 atom stereocenters. The summed E-state index contributed by atoms with van der Waals surface area (Å²) in [5.74, 6) is 0.821. The normalized spacial score (nSPS) is 10.3. The first kappa shape index (κ1) is 14.7. The van der Waals surface area contributed by atoms with Gasteiger partial charge in [-0.2, -0.15) is 5.10 Å². The molecule has 1 N–H and O–H groups in total. The van der Waals surface area contributed by atoms with Crippen molar-refractivity contribution in [1.82, 2.24) is 19.7 Å². The topological polar surface area (TPSA) is 81.9 Å². The fraction of sp³-hybridized carbons (Fsp3) is 0.125. The molecular formula is C16H15N5O2. The smallest absolute Gasteiger partial charge is 0.262 e. The summed E-state index contributed by atoms with van der Waals surface area (Å²) in [6, 6.07) is 9.23. The molecule has 3 aromatic rings. The molecule has 0 fully saturated rings. The van der Waals surface area contributed by atoms with E-state index in [4.69, 9.17) is 4.74 Å². The maximum Gasteiger partial charge on any atom is 0.262 e. The lowest BCUT2D eigenvalue weighted by Gasteiger charge is -2.06. The van der Waals surface area contributed by atoms with Gasteiger partial charge in [-0.15, -0.1) is 0 Å². The van der Waals surface area contributed by atoms with Crippen LogP contribution < -0.4 is 10.1 Å². The number of ether oxygens (including phenoxy) is 1. The third-order valence-electron chi connectivity index (χ3n) is 3.01. The lowest BCUT2D eigenvalue weighted by Crippen LogP contribution is -2.19. The Morgan fingerprint density at radius 1 is 1.22 bits per heavy atom. The van der Waals surface area contributed by atoms with Crippen molar-refractivity contribution in [3.63, 3.8) is 0 Å². The maximum absolute atomic E-state index is 11.9. The molecule has 1 aromatic carbocycles. The van der Waals surface area contributed by atoms with Crippen molar-refractivity contribution >= 4 is 11.6 Å². The van der Waals surface area contributed by atoms with E-state index in [1.54, 1.807) is 24.7 Å². The van der Waals surface area contributed by atoms with Gasteiger partial charge in [0.15, 0.2) is 6.61 Å². The van der Waals surface area contributed by atoms with Gasteiger partial charge in [-0.25, -0.2) is 14.6 Å². The number of aromatic nitrogens is 4. The van der Waals surface area contributed by atoms with E-state index >= 15 is 0 Å². The second kappa shape index (κ2) is 6.69. The van der Waals surface area contributed by atoms with Crippen LogP contribution in [-0.2, 0) is 4.79 Å². The standard InChI is InChI=1S/C16H15N5O2/c1-12-3-5-14(6-4-12)23-11-15(22)20-13-9-19-21(10-13)16-17-7-2-8-18-16/h2-10H,11H2,1H3,(H,20,22). The number of carbonyl (C=O) groups is 1. The van der Waals surface area contributed by atoms with E-state index in [0.29, 0.717) is 17.4 Å². The van der Waals surface area contributed by atoms with Crippen molar-refractivity contribution in [1.29, 1.82) is 0 Å². The Morgan fingerprint density at radius 2 is 1.96 bits per heavy atom. The highest BCUT2D eigenvalue weighted by molar-refractivity contribution is 5.91. The quantitative estimate of drug-likeness (QED) is 0.779. The average molecular weight is 309 g/mol. The Labute approximate surface area is 133 Å². The van der Waals surface area contributed by atoms with Gasteiger partial charge in [0.2, 0.25) is 5.95 Å². The summed E-state index contributed by atoms with van der Waals surface area (Å²) in [7, 11) is 0. The first-order valence-electron chi connectivity index (χ1n) is 7.02. The number of rotatable bonds is 5. The molecule has 0 bridgehead atoms. The summed E-state index contributed by atoms with van der Waals surface area (Å²) in [5, 5.41) is 6.81. The van der Waals surface area contributed by atoms with Crippen LogP contribution in [0.2, 0.25) is 0 Å². The second-order valence-corrected chi connectivity index (χ2v) is 4.87. The summed E-state index contributed by atoms with van der Waals surface area (Å²) in [6.07, 6.45) is 6.41. The van der Waals surface area contributed by atoms with Crippen molar-refractivity contribution in [3.8, 4) is 11.7 Å². The number of hydrogen-bond donors (Lipinski definition) is 1. The van der Waals surface area contributed by atoms with Crippen molar-refractivity contribution in [2.45, 2.75) is 6.92 Å². The van der Waals surface area contributed by atoms with Crippen molar-refractivity contribution in [2.24, 2.45) is 0 Å². The molecule has 0 unspecified atom stereocenters. The van der Waals surface area contributed by atoms with E-state index in [1.165, 1.54) is 10.9 Å². The molecule has 7 heteroatoms. The minimum absolute atomic E-state index is 0.0733. The fourth-order valence-corrected chi connectivity index (χ4v) is 1.89. The van der Waals surface area contributed by atoms with E-state index in [-0.39, 0.29) is 12.5 Å². The third-order valence-corrected chi connectivity index (χ3v) is 3.01. The lowest BCUT2D eigenvalue weighted by atomic mass is 10.2. The van der Waals surface area contributed by atoms with Gasteiger partial charge in [-0.1, -0.05) is 17.7 Å². The van der Waals surface area contributed by atoms with E-state index in [1.807, 2.05) is 31.2 Å². The van der Waals surface area contributed by atoms with Crippen LogP contribution >= 0.6 is 0 Å². The summed E-state index contributed by atoms with van der Waals surface area (Å²) in [4.78, 5) is 20.0. The summed E-state index contributed by atoms with van der Waals surface area (Å²) in [5.41, 5.74) is 1.69. The Kier molecular flexibility index (Phi) is 4.28. The number of amides is 1. The summed E-state index contributed by atoms with van der Waals surface area (Å²) < 4.78 is 6.91. The largest absolute Gasteiger partial charge is 0.484 e. The molecule has 3 rings (SSSR count). The number of nitrogens with one attached hydrogen (secondary N) is 1. The number of anilines is 1. The predicted octanol–water partition coefficient (Wildman–Crippen LogP) is 1.99. The molecule has 0 spiro atoms. The van der Waals surface area contributed by atoms with Gasteiger partial charge in [0.1, 0.15) is 5.75 Å². The Hall–Kier alpha value is -3.22. The highest BCUT2D eigenvalue weighted by Crippen LogP contribution is 2.12. The molecular weight excluding hydrogens is 294 g/mol. The van der Waals surface area contributed by atoms with E-state index < -0.39 is 0 Å². The van der Waals surface area contributed by atoms with Crippen LogP contribution in [0.3, 0.4) is 0 Å². The molecule has 2 heterocycles. The molecule has 0 aliphatic rings. The zero-order valence-electron chi connectivity index (χ0n) is 12.5. The van der Waals surface area contributed by atoms with Crippen LogP contribution in [0, 0.1) is 6.92 Å². The van der Waals surface area contributed by atoms with Gasteiger partial charge in [-0.05, 0) is 25.1 Å². The van der Waals surface area contributed by atoms with Gasteiger partial charge in [0.05, 0.1) is 18.1 Å². The molecule has 7 nitrogen and oxygen atoms in total. The minimum Gasteiger partial charge on any atom is -0.484 e. The minimum atomic E-state index is -0.265. The van der Waals surface area contributed by atoms with Crippen molar-refractivity contribution in [2.75, 3.05) is 11.9 Å². The third kappa shape index (κ3) is 3.91. The van der Waals surface area contributed by atoms with Crippen LogP contribution in [0.25, 0.3) is 5.95 Å². The number of hydrogen-bond acceptors (Lipinski definition) is 5. The average Bonchev–Trinajstić information content (AvgIpc) is 3.04. The molecule has 0 radical (unpaired) electrons. The Morgan fingerprint density at radius 3 is 2.70 bits per heavy atom. The molecule has 116 valence electrons. The van der Waals surface area contributed by atoms with Crippen LogP contribution in [0.1, 0.15) is 5.56 Å². The van der Waals surface area contributed by atoms with Crippen LogP contribution in [0.4, 0.5) is 5.69 Å². The van der Waals surface area contributed by atoms with Crippen molar-refractivity contribution in [3.05, 3.63) is 60.7 Å². The number of nitrogens with zero attached hydrogens (tertiary/aromatic N) is 4. The monoisotopic (exact) mass is 309 g/mol. The predicted molar refractivity (Wildman–Crippen MR) is 84.5 cm³/mol. The van der Waals surface area contributed by atoms with Gasteiger partial charge in [0, 0.05) is 12.4 Å². The zero-order chi connectivity index (χ0) is 16.1. The highest BCUT2D eigenvalue weighted by Gasteiger charge is 2.07. The fourth-order valence-electron chi connectivity index (χ4n) is 1.89. The lowest BCUT2D eigenvalue weighted by molar-refractivity contribution is -0.118. The Balaban J connectivity index is 1.56. The van der Waals surface area contributed by atoms with Gasteiger partial charge < -0.3 is 10.1 Å². The van der Waals surface area contributed by atoms with E-state index in [0.717, 1.165) is 5.56 Å². The first-order chi connectivity index (χ1) is 11.2. The first-order valence-corrected chi connectivity index (χ1v) is 7.02. The molecule has 2 aromatic heterocycles. The maximum atomic E-state index is 11.9. The number of aryl methyl sites for hydroxylation is 1. The zero-order valence-corrected chi connectivity index (χ0v) is 12.5. The summed E-state index contributed by atoms with van der Waals surface area (Å²) in [6.45, 7) is 1.92. The SMILES string of the molecule is Cc1ccc(OCC(=O)Nc2cnn(-c3ncccn3)c2)cc1. The van der Waals surface area contributed by atoms with E-state index in [2.05, 4.69) is 20.4 Å². The molecule has 0 aliphatic heterocycles. The van der Waals surface area contributed by atoms with E-state index in [9.17, 15) is 4.79 Å². The molecule has 0 saturated heterocycles. The van der Waals surface area contributed by atoms with Crippen molar-refractivity contribution < 1.29 is 9.53 Å². The van der Waals surface area contributed by atoms with Crippen LogP contribution in [-0.4, -0.2) is 32.3 Å². The molecule has 23 heavy (non-hydrogen) atoms. The highest BCUT2D eigenvalue weighted by atomic mass is 16.5. The molecule has 1 amide bonds. The number of carbonyl (C=O) groups excluding carboxylic acids is 1. The molecule has 0 saturated carbocycles. The Bertz CT molecular complexity index is 784. The van der Waals surface area contributed by atoms with Crippen LogP contribution in [0.15, 0.2) is 55.1 Å².